The summed E-state index contributed by atoms with van der Waals surface area (Å²) in [6.07, 6.45) is 1.37. The Morgan fingerprint density at radius 3 is 2.67 bits per heavy atom. The van der Waals surface area contributed by atoms with Gasteiger partial charge in [0.25, 0.3) is 0 Å². The maximum Gasteiger partial charge on any atom is 0.382 e. The largest absolute Gasteiger partial charge is 0.382 e. The number of allylic oxidation sites excluding steroid dienone is 1. The zero-order chi connectivity index (χ0) is 9.30. The van der Waals surface area contributed by atoms with Crippen LogP contribution < -0.4 is 0 Å². The average Bonchev–Trinajstić information content (AvgIpc) is 2.30. The lowest BCUT2D eigenvalue weighted by Crippen LogP contribution is -1.92. The molecule has 0 saturated heterocycles. The Labute approximate surface area is 69.5 Å². The summed E-state index contributed by atoms with van der Waals surface area (Å²) in [5.74, 6) is 0.400. The van der Waals surface area contributed by atoms with Crippen molar-refractivity contribution in [1.82, 2.24) is 9.55 Å². The first-order valence-electron chi connectivity index (χ1n) is 3.36. The Hall–Kier alpha value is -1.65. The molecule has 0 amide bonds. The molecule has 1 heterocycles. The van der Waals surface area contributed by atoms with Crippen LogP contribution in [0.1, 0.15) is 12.7 Å². The fourth-order valence-corrected chi connectivity index (χ4v) is 0.935. The molecule has 5 nitrogen and oxygen atoms in total. The molecule has 1 aromatic rings. The van der Waals surface area contributed by atoms with Gasteiger partial charge in [0.1, 0.15) is 6.20 Å². The zero-order valence-corrected chi connectivity index (χ0v) is 6.94. The third-order valence-electron chi connectivity index (χ3n) is 1.43. The molecule has 64 valence electrons. The van der Waals surface area contributed by atoms with E-state index in [0.717, 1.165) is 0 Å². The van der Waals surface area contributed by atoms with Gasteiger partial charge in [-0.1, -0.05) is 6.58 Å². The minimum Gasteiger partial charge on any atom is -0.358 e. The Balaban J connectivity index is 3.17. The molecule has 0 aliphatic heterocycles. The maximum atomic E-state index is 10.3. The van der Waals surface area contributed by atoms with E-state index in [1.807, 2.05) is 0 Å². The molecule has 0 bridgehead atoms. The van der Waals surface area contributed by atoms with Crippen molar-refractivity contribution in [3.8, 4) is 0 Å². The van der Waals surface area contributed by atoms with E-state index in [4.69, 9.17) is 0 Å². The van der Waals surface area contributed by atoms with Crippen molar-refractivity contribution in [2.75, 3.05) is 0 Å². The number of hydrogen-bond acceptors (Lipinski definition) is 3. The molecule has 0 atom stereocenters. The van der Waals surface area contributed by atoms with Crippen LogP contribution in [0.5, 0.6) is 0 Å². The molecule has 0 N–H and O–H groups in total. The molecule has 0 radical (unpaired) electrons. The maximum absolute atomic E-state index is 10.3. The van der Waals surface area contributed by atoms with Crippen LogP contribution in [0.25, 0.3) is 5.57 Å². The highest BCUT2D eigenvalue weighted by Crippen LogP contribution is 2.14. The first-order valence-corrected chi connectivity index (χ1v) is 3.36. The molecule has 0 aliphatic carbocycles. The first kappa shape index (κ1) is 8.45. The topological polar surface area (TPSA) is 61.0 Å². The van der Waals surface area contributed by atoms with E-state index < -0.39 is 4.92 Å². The normalized spacial score (nSPS) is 9.83. The molecule has 5 heteroatoms. The number of aryl methyl sites for hydroxylation is 1. The van der Waals surface area contributed by atoms with Crippen molar-refractivity contribution in [3.05, 3.63) is 28.7 Å². The van der Waals surface area contributed by atoms with Crippen LogP contribution in [0.4, 0.5) is 5.82 Å². The summed E-state index contributed by atoms with van der Waals surface area (Å²) in [6, 6.07) is 0. The van der Waals surface area contributed by atoms with Gasteiger partial charge in [0.15, 0.2) is 0 Å². The minimum absolute atomic E-state index is 0.143. The Bertz CT molecular complexity index is 340. The van der Waals surface area contributed by atoms with E-state index in [1.165, 1.54) is 6.20 Å². The summed E-state index contributed by atoms with van der Waals surface area (Å²) in [7, 11) is 1.70. The lowest BCUT2D eigenvalue weighted by atomic mass is 10.3. The molecule has 1 rings (SSSR count). The molecule has 0 fully saturated rings. The van der Waals surface area contributed by atoms with Crippen molar-refractivity contribution in [2.24, 2.45) is 7.05 Å². The lowest BCUT2D eigenvalue weighted by Gasteiger charge is -1.90. The van der Waals surface area contributed by atoms with Crippen LogP contribution in [-0.2, 0) is 7.05 Å². The quantitative estimate of drug-likeness (QED) is 0.493. The second-order valence-corrected chi connectivity index (χ2v) is 2.57. The predicted octanol–water partition coefficient (Wildman–Crippen LogP) is 1.36. The van der Waals surface area contributed by atoms with Crippen molar-refractivity contribution >= 4 is 11.4 Å². The van der Waals surface area contributed by atoms with Gasteiger partial charge in [-0.05, 0) is 16.8 Å². The molecule has 0 spiro atoms. The highest BCUT2D eigenvalue weighted by molar-refractivity contribution is 5.56. The van der Waals surface area contributed by atoms with E-state index in [2.05, 4.69) is 11.6 Å². The third kappa shape index (κ3) is 1.34. The van der Waals surface area contributed by atoms with Crippen LogP contribution in [0.3, 0.4) is 0 Å². The second-order valence-electron chi connectivity index (χ2n) is 2.57. The molecule has 0 aromatic carbocycles. The van der Waals surface area contributed by atoms with E-state index in [0.29, 0.717) is 11.4 Å². The Morgan fingerprint density at radius 1 is 1.83 bits per heavy atom. The molecule has 0 saturated carbocycles. The van der Waals surface area contributed by atoms with E-state index in [-0.39, 0.29) is 5.82 Å². The lowest BCUT2D eigenvalue weighted by molar-refractivity contribution is -0.389. The number of nitro groups is 1. The average molecular weight is 167 g/mol. The fourth-order valence-electron chi connectivity index (χ4n) is 0.935. The molecule has 0 aliphatic rings. The summed E-state index contributed by atoms with van der Waals surface area (Å²) in [5.41, 5.74) is 0.714. The number of nitrogens with zero attached hydrogens (tertiary/aromatic N) is 3. The van der Waals surface area contributed by atoms with Gasteiger partial charge in [0, 0.05) is 12.6 Å². The highest BCUT2D eigenvalue weighted by atomic mass is 16.6. The highest BCUT2D eigenvalue weighted by Gasteiger charge is 2.16. The minimum atomic E-state index is -0.521. The SMILES string of the molecule is C=C(C)c1nc([N+](=O)[O-])cn1C. The summed E-state index contributed by atoms with van der Waals surface area (Å²) in [5, 5.41) is 10.3. The van der Waals surface area contributed by atoms with E-state index in [9.17, 15) is 10.1 Å². The second kappa shape index (κ2) is 2.77. The third-order valence-corrected chi connectivity index (χ3v) is 1.43. The van der Waals surface area contributed by atoms with Gasteiger partial charge in [-0.2, -0.15) is 0 Å². The number of aromatic nitrogens is 2. The van der Waals surface area contributed by atoms with Crippen molar-refractivity contribution in [2.45, 2.75) is 6.92 Å². The first-order chi connectivity index (χ1) is 5.52. The molecular formula is C7H9N3O2. The van der Waals surface area contributed by atoms with Gasteiger partial charge in [-0.15, -0.1) is 0 Å². The van der Waals surface area contributed by atoms with Crippen LogP contribution in [0.2, 0.25) is 0 Å². The molecular weight excluding hydrogens is 158 g/mol. The van der Waals surface area contributed by atoms with Gasteiger partial charge >= 0.3 is 5.82 Å². The van der Waals surface area contributed by atoms with Gasteiger partial charge < -0.3 is 14.7 Å². The zero-order valence-electron chi connectivity index (χ0n) is 6.94. The van der Waals surface area contributed by atoms with Gasteiger partial charge in [-0.3, -0.25) is 0 Å². The molecule has 1 aromatic heterocycles. The smallest absolute Gasteiger partial charge is 0.358 e. The van der Waals surface area contributed by atoms with Crippen molar-refractivity contribution < 1.29 is 4.92 Å². The van der Waals surface area contributed by atoms with Crippen LogP contribution >= 0.6 is 0 Å². The van der Waals surface area contributed by atoms with Gasteiger partial charge in [-0.25, -0.2) is 0 Å². The van der Waals surface area contributed by atoms with Crippen LogP contribution in [-0.4, -0.2) is 14.5 Å². The van der Waals surface area contributed by atoms with Crippen molar-refractivity contribution in [1.29, 1.82) is 0 Å². The Kier molecular flexibility index (Phi) is 1.95. The summed E-state index contributed by atoms with van der Waals surface area (Å²) < 4.78 is 1.58. The number of imidazole rings is 1. The van der Waals surface area contributed by atoms with E-state index >= 15 is 0 Å². The molecule has 0 unspecified atom stereocenters. The predicted molar refractivity (Wildman–Crippen MR) is 44.6 cm³/mol. The molecule has 12 heavy (non-hydrogen) atoms. The van der Waals surface area contributed by atoms with Crippen molar-refractivity contribution in [3.63, 3.8) is 0 Å². The standard InChI is InChI=1S/C7H9N3O2/c1-5(2)7-8-6(10(11)12)4-9(7)3/h4H,1H2,2-3H3. The Morgan fingerprint density at radius 2 is 2.42 bits per heavy atom. The summed E-state index contributed by atoms with van der Waals surface area (Å²) in [4.78, 5) is 13.5. The monoisotopic (exact) mass is 167 g/mol. The van der Waals surface area contributed by atoms with Crippen LogP contribution in [0, 0.1) is 10.1 Å². The van der Waals surface area contributed by atoms with E-state index in [1.54, 1.807) is 18.5 Å². The summed E-state index contributed by atoms with van der Waals surface area (Å²) >= 11 is 0. The van der Waals surface area contributed by atoms with Gasteiger partial charge in [0.2, 0.25) is 5.82 Å². The number of hydrogen-bond donors (Lipinski definition) is 0. The van der Waals surface area contributed by atoms with Crippen LogP contribution in [0.15, 0.2) is 12.8 Å². The number of rotatable bonds is 2. The fraction of sp³-hybridized carbons (Fsp3) is 0.286. The van der Waals surface area contributed by atoms with Gasteiger partial charge in [0.05, 0.1) is 0 Å². The summed E-state index contributed by atoms with van der Waals surface area (Å²) in [6.45, 7) is 5.41.